The molecule has 1 aromatic heterocycles. The normalized spacial score (nSPS) is 24.8. The van der Waals surface area contributed by atoms with Gasteiger partial charge >= 0.3 is 0 Å². The second-order valence-electron chi connectivity index (χ2n) is 6.48. The first-order chi connectivity index (χ1) is 10.1. The third-order valence-corrected chi connectivity index (χ3v) is 5.30. The van der Waals surface area contributed by atoms with Crippen molar-refractivity contribution in [2.75, 3.05) is 13.1 Å². The molecule has 21 heavy (non-hydrogen) atoms. The van der Waals surface area contributed by atoms with Gasteiger partial charge in [-0.3, -0.25) is 4.79 Å². The first-order valence-electron chi connectivity index (χ1n) is 7.80. The Morgan fingerprint density at radius 1 is 1.38 bits per heavy atom. The number of hydrogen-bond acceptors (Lipinski definition) is 2. The summed E-state index contributed by atoms with van der Waals surface area (Å²) < 4.78 is 26.9. The lowest BCUT2D eigenvalue weighted by Crippen LogP contribution is -2.47. The minimum absolute atomic E-state index is 0.183. The van der Waals surface area contributed by atoms with Crippen LogP contribution in [0.4, 0.5) is 8.78 Å². The van der Waals surface area contributed by atoms with Crippen LogP contribution in [0, 0.1) is 11.3 Å². The van der Waals surface area contributed by atoms with Gasteiger partial charge in [0.25, 0.3) is 12.0 Å². The van der Waals surface area contributed by atoms with Gasteiger partial charge in [-0.2, -0.15) is 0 Å². The first kappa shape index (κ1) is 14.7. The zero-order chi connectivity index (χ0) is 14.9. The number of rotatable bonds is 3. The van der Waals surface area contributed by atoms with Crippen molar-refractivity contribution in [3.63, 3.8) is 0 Å². The van der Waals surface area contributed by atoms with E-state index in [9.17, 15) is 13.6 Å². The van der Waals surface area contributed by atoms with Crippen molar-refractivity contribution in [1.29, 1.82) is 0 Å². The predicted octanol–water partition coefficient (Wildman–Crippen LogP) is 2.96. The Balaban J connectivity index is 1.80. The van der Waals surface area contributed by atoms with Crippen molar-refractivity contribution in [2.45, 2.75) is 45.1 Å². The summed E-state index contributed by atoms with van der Waals surface area (Å²) in [5.41, 5.74) is -0.185. The van der Waals surface area contributed by atoms with E-state index in [1.165, 1.54) is 37.9 Å². The lowest BCUT2D eigenvalue weighted by molar-refractivity contribution is 0.101. The van der Waals surface area contributed by atoms with Crippen molar-refractivity contribution < 1.29 is 8.78 Å². The molecule has 1 atom stereocenters. The molecule has 2 fully saturated rings. The molecule has 1 aromatic rings. The van der Waals surface area contributed by atoms with Crippen molar-refractivity contribution in [2.24, 2.45) is 11.3 Å². The largest absolute Gasteiger partial charge is 0.316 e. The molecule has 5 heteroatoms. The average Bonchev–Trinajstić information content (AvgIpc) is 2.92. The number of piperidine rings is 1. The highest BCUT2D eigenvalue weighted by atomic mass is 19.3. The molecule has 0 radical (unpaired) electrons. The van der Waals surface area contributed by atoms with Gasteiger partial charge in [0.15, 0.2) is 0 Å². The fourth-order valence-corrected chi connectivity index (χ4v) is 4.06. The Morgan fingerprint density at radius 2 is 2.14 bits per heavy atom. The summed E-state index contributed by atoms with van der Waals surface area (Å²) in [6.07, 6.45) is 4.97. The van der Waals surface area contributed by atoms with Crippen LogP contribution in [0.3, 0.4) is 0 Å². The fourth-order valence-electron chi connectivity index (χ4n) is 4.06. The number of aromatic nitrogens is 1. The molecule has 2 aliphatic rings. The minimum Gasteiger partial charge on any atom is -0.316 e. The van der Waals surface area contributed by atoms with Gasteiger partial charge in [0, 0.05) is 30.9 Å². The van der Waals surface area contributed by atoms with Crippen LogP contribution in [0.15, 0.2) is 23.1 Å². The zero-order valence-electron chi connectivity index (χ0n) is 12.2. The number of nitrogens with zero attached hydrogens (tertiary/aromatic N) is 1. The standard InChI is InChI=1S/C16H22F2N2O/c17-15(18)12-4-8-20(14(21)9-12)10-13-3-7-19-11-16(13)5-1-2-6-16/h4,8-9,13,15,19H,1-3,5-7,10-11H2. The summed E-state index contributed by atoms with van der Waals surface area (Å²) in [5.74, 6) is 0.469. The summed E-state index contributed by atoms with van der Waals surface area (Å²) in [4.78, 5) is 12.0. The molecular weight excluding hydrogens is 274 g/mol. The van der Waals surface area contributed by atoms with Gasteiger partial charge < -0.3 is 9.88 Å². The summed E-state index contributed by atoms with van der Waals surface area (Å²) >= 11 is 0. The van der Waals surface area contributed by atoms with Crippen molar-refractivity contribution in [3.8, 4) is 0 Å². The number of halogens is 2. The van der Waals surface area contributed by atoms with E-state index in [1.807, 2.05) is 0 Å². The SMILES string of the molecule is O=c1cc(C(F)F)ccn1CC1CCNCC12CCCC2. The Hall–Kier alpha value is -1.23. The van der Waals surface area contributed by atoms with E-state index in [0.29, 0.717) is 17.9 Å². The molecule has 1 aliphatic carbocycles. The zero-order valence-corrected chi connectivity index (χ0v) is 12.2. The highest BCUT2D eigenvalue weighted by Crippen LogP contribution is 2.47. The monoisotopic (exact) mass is 296 g/mol. The summed E-state index contributed by atoms with van der Waals surface area (Å²) in [7, 11) is 0. The van der Waals surface area contributed by atoms with Gasteiger partial charge in [-0.1, -0.05) is 12.8 Å². The van der Waals surface area contributed by atoms with Crippen LogP contribution in [0.25, 0.3) is 0 Å². The maximum Gasteiger partial charge on any atom is 0.264 e. The van der Waals surface area contributed by atoms with Gasteiger partial charge in [-0.15, -0.1) is 0 Å². The third kappa shape index (κ3) is 2.89. The molecule has 3 rings (SSSR count). The fraction of sp³-hybridized carbons (Fsp3) is 0.688. The lowest BCUT2D eigenvalue weighted by atomic mass is 9.70. The molecule has 0 bridgehead atoms. The van der Waals surface area contributed by atoms with Gasteiger partial charge in [0.1, 0.15) is 0 Å². The Morgan fingerprint density at radius 3 is 2.81 bits per heavy atom. The minimum atomic E-state index is -2.58. The van der Waals surface area contributed by atoms with Crippen molar-refractivity contribution >= 4 is 0 Å². The van der Waals surface area contributed by atoms with Crippen LogP contribution >= 0.6 is 0 Å². The topological polar surface area (TPSA) is 34.0 Å². The molecule has 116 valence electrons. The summed E-state index contributed by atoms with van der Waals surface area (Å²) in [6.45, 7) is 2.67. The number of pyridine rings is 1. The molecule has 3 nitrogen and oxygen atoms in total. The quantitative estimate of drug-likeness (QED) is 0.930. The van der Waals surface area contributed by atoms with E-state index >= 15 is 0 Å². The highest BCUT2D eigenvalue weighted by Gasteiger charge is 2.42. The maximum atomic E-state index is 12.6. The second-order valence-corrected chi connectivity index (χ2v) is 6.48. The van der Waals surface area contributed by atoms with Gasteiger partial charge in [-0.05, 0) is 43.2 Å². The van der Waals surface area contributed by atoms with Crippen LogP contribution in [-0.4, -0.2) is 17.7 Å². The van der Waals surface area contributed by atoms with Gasteiger partial charge in [0.05, 0.1) is 0 Å². The molecule has 1 aliphatic heterocycles. The third-order valence-electron chi connectivity index (χ3n) is 5.30. The van der Waals surface area contributed by atoms with Crippen LogP contribution in [0.5, 0.6) is 0 Å². The lowest BCUT2D eigenvalue weighted by Gasteiger charge is -2.42. The van der Waals surface area contributed by atoms with E-state index in [0.717, 1.165) is 25.6 Å². The molecule has 1 saturated carbocycles. The highest BCUT2D eigenvalue weighted by molar-refractivity contribution is 5.12. The van der Waals surface area contributed by atoms with Crippen LogP contribution in [0.2, 0.25) is 0 Å². The molecule has 1 spiro atoms. The summed E-state index contributed by atoms with van der Waals surface area (Å²) in [5, 5.41) is 3.49. The van der Waals surface area contributed by atoms with E-state index < -0.39 is 6.43 Å². The predicted molar refractivity (Wildman–Crippen MR) is 77.5 cm³/mol. The van der Waals surface area contributed by atoms with Gasteiger partial charge in [0.2, 0.25) is 0 Å². The average molecular weight is 296 g/mol. The molecular formula is C16H22F2N2O. The maximum absolute atomic E-state index is 12.6. The summed E-state index contributed by atoms with van der Waals surface area (Å²) in [6, 6.07) is 2.45. The van der Waals surface area contributed by atoms with E-state index in [4.69, 9.17) is 0 Å². The van der Waals surface area contributed by atoms with Crippen molar-refractivity contribution in [1.82, 2.24) is 9.88 Å². The first-order valence-corrected chi connectivity index (χ1v) is 7.80. The molecule has 1 saturated heterocycles. The molecule has 0 aromatic carbocycles. The Bertz CT molecular complexity index is 549. The molecule has 0 amide bonds. The number of nitrogens with one attached hydrogen (secondary N) is 1. The van der Waals surface area contributed by atoms with Crippen LogP contribution in [-0.2, 0) is 6.54 Å². The van der Waals surface area contributed by atoms with E-state index in [1.54, 1.807) is 4.57 Å². The Labute approximate surface area is 123 Å². The molecule has 1 unspecified atom stereocenters. The van der Waals surface area contributed by atoms with Gasteiger partial charge in [-0.25, -0.2) is 8.78 Å². The van der Waals surface area contributed by atoms with Crippen molar-refractivity contribution in [3.05, 3.63) is 34.2 Å². The Kier molecular flexibility index (Phi) is 4.11. The van der Waals surface area contributed by atoms with Crippen LogP contribution < -0.4 is 10.9 Å². The number of hydrogen-bond donors (Lipinski definition) is 1. The molecule has 2 heterocycles. The molecule has 1 N–H and O–H groups in total. The number of alkyl halides is 2. The van der Waals surface area contributed by atoms with E-state index in [-0.39, 0.29) is 11.1 Å². The smallest absolute Gasteiger partial charge is 0.264 e. The van der Waals surface area contributed by atoms with Crippen LogP contribution in [0.1, 0.15) is 44.1 Å². The van der Waals surface area contributed by atoms with E-state index in [2.05, 4.69) is 5.32 Å². The second kappa shape index (κ2) is 5.87.